The molecule has 17 heavy (non-hydrogen) atoms. The van der Waals surface area contributed by atoms with E-state index in [0.29, 0.717) is 11.6 Å². The van der Waals surface area contributed by atoms with Crippen LogP contribution in [-0.4, -0.2) is 26.2 Å². The number of amides is 1. The summed E-state index contributed by atoms with van der Waals surface area (Å²) in [5.41, 5.74) is 1.75. The Hall–Kier alpha value is -1.10. The fourth-order valence-corrected chi connectivity index (χ4v) is 2.08. The largest absolute Gasteiger partial charge is 0.385 e. The molecule has 1 unspecified atom stereocenters. The number of ether oxygens (including phenoxy) is 1. The van der Waals surface area contributed by atoms with Crippen molar-refractivity contribution in [2.24, 2.45) is 0 Å². The highest BCUT2D eigenvalue weighted by Crippen LogP contribution is 2.32. The standard InChI is InChI=1S/C12H15ClN2O2/c1-17-6-2-5-14-11-9-7-8(13)3-4-10(9)15-12(11)16/h3-4,7,11,14H,2,5-6H2,1H3,(H,15,16). The van der Waals surface area contributed by atoms with Crippen LogP contribution in [0.4, 0.5) is 5.69 Å². The normalized spacial score (nSPS) is 18.0. The number of hydrogen-bond acceptors (Lipinski definition) is 3. The molecule has 0 aromatic heterocycles. The molecular formula is C12H15ClN2O2. The van der Waals surface area contributed by atoms with Gasteiger partial charge >= 0.3 is 0 Å². The monoisotopic (exact) mass is 254 g/mol. The first kappa shape index (κ1) is 12.4. The summed E-state index contributed by atoms with van der Waals surface area (Å²) < 4.78 is 4.96. The van der Waals surface area contributed by atoms with Gasteiger partial charge in [-0.15, -0.1) is 0 Å². The van der Waals surface area contributed by atoms with Crippen LogP contribution < -0.4 is 10.6 Å². The molecule has 1 aliphatic heterocycles. The third-order valence-corrected chi connectivity index (χ3v) is 2.95. The van der Waals surface area contributed by atoms with E-state index in [2.05, 4.69) is 10.6 Å². The van der Waals surface area contributed by atoms with Crippen LogP contribution in [0.2, 0.25) is 5.02 Å². The Bertz CT molecular complexity index is 423. The molecule has 1 heterocycles. The molecule has 1 atom stereocenters. The minimum absolute atomic E-state index is 0.0281. The number of hydrogen-bond donors (Lipinski definition) is 2. The van der Waals surface area contributed by atoms with Crippen molar-refractivity contribution in [1.82, 2.24) is 5.32 Å². The summed E-state index contributed by atoms with van der Waals surface area (Å²) in [5, 5.41) is 6.67. The van der Waals surface area contributed by atoms with Crippen LogP contribution >= 0.6 is 11.6 Å². The second-order valence-corrected chi connectivity index (χ2v) is 4.39. The number of carbonyl (C=O) groups excluding carboxylic acids is 1. The second kappa shape index (κ2) is 5.49. The van der Waals surface area contributed by atoms with Crippen molar-refractivity contribution in [3.63, 3.8) is 0 Å². The molecule has 0 fully saturated rings. The predicted octanol–water partition coefficient (Wildman–Crippen LogP) is 1.96. The first-order valence-corrected chi connectivity index (χ1v) is 5.93. The van der Waals surface area contributed by atoms with Crippen molar-refractivity contribution in [3.05, 3.63) is 28.8 Å². The van der Waals surface area contributed by atoms with Crippen molar-refractivity contribution in [1.29, 1.82) is 0 Å². The van der Waals surface area contributed by atoms with E-state index in [1.807, 2.05) is 12.1 Å². The van der Waals surface area contributed by atoms with Gasteiger partial charge in [-0.05, 0) is 31.2 Å². The SMILES string of the molecule is COCCCNC1C(=O)Nc2ccc(Cl)cc21. The van der Waals surface area contributed by atoms with Gasteiger partial charge < -0.3 is 15.4 Å². The Labute approximate surface area is 105 Å². The van der Waals surface area contributed by atoms with Crippen molar-refractivity contribution >= 4 is 23.2 Å². The van der Waals surface area contributed by atoms with Crippen LogP contribution in [0.15, 0.2) is 18.2 Å². The maximum Gasteiger partial charge on any atom is 0.246 e. The molecule has 92 valence electrons. The molecule has 1 aromatic carbocycles. The number of fused-ring (bicyclic) bond motifs is 1. The molecule has 1 amide bonds. The van der Waals surface area contributed by atoms with E-state index in [0.717, 1.165) is 24.2 Å². The van der Waals surface area contributed by atoms with E-state index < -0.39 is 0 Å². The van der Waals surface area contributed by atoms with E-state index >= 15 is 0 Å². The minimum Gasteiger partial charge on any atom is -0.385 e. The Morgan fingerprint density at radius 3 is 3.12 bits per heavy atom. The molecular weight excluding hydrogens is 240 g/mol. The summed E-state index contributed by atoms with van der Waals surface area (Å²) in [6, 6.07) is 5.11. The lowest BCUT2D eigenvalue weighted by atomic mass is 10.1. The number of anilines is 1. The van der Waals surface area contributed by atoms with Crippen molar-refractivity contribution in [3.8, 4) is 0 Å². The van der Waals surface area contributed by atoms with Crippen molar-refractivity contribution in [2.75, 3.05) is 25.6 Å². The van der Waals surface area contributed by atoms with Crippen molar-refractivity contribution in [2.45, 2.75) is 12.5 Å². The maximum absolute atomic E-state index is 11.8. The lowest BCUT2D eigenvalue weighted by Crippen LogP contribution is -2.28. The third kappa shape index (κ3) is 2.77. The Morgan fingerprint density at radius 2 is 2.35 bits per heavy atom. The van der Waals surface area contributed by atoms with Gasteiger partial charge in [0.25, 0.3) is 0 Å². The first-order valence-electron chi connectivity index (χ1n) is 5.55. The Morgan fingerprint density at radius 1 is 1.53 bits per heavy atom. The van der Waals surface area contributed by atoms with Crippen LogP contribution in [0, 0.1) is 0 Å². The minimum atomic E-state index is -0.305. The van der Waals surface area contributed by atoms with Gasteiger partial charge in [-0.3, -0.25) is 4.79 Å². The molecule has 2 rings (SSSR count). The topological polar surface area (TPSA) is 50.4 Å². The average molecular weight is 255 g/mol. The van der Waals surface area contributed by atoms with E-state index in [4.69, 9.17) is 16.3 Å². The van der Waals surface area contributed by atoms with Gasteiger partial charge in [-0.25, -0.2) is 0 Å². The lowest BCUT2D eigenvalue weighted by molar-refractivity contribution is -0.117. The van der Waals surface area contributed by atoms with E-state index in [1.165, 1.54) is 0 Å². The fourth-order valence-electron chi connectivity index (χ4n) is 1.90. The lowest BCUT2D eigenvalue weighted by Gasteiger charge is -2.11. The Balaban J connectivity index is 2.03. The second-order valence-electron chi connectivity index (χ2n) is 3.95. The summed E-state index contributed by atoms with van der Waals surface area (Å²) in [7, 11) is 1.66. The highest BCUT2D eigenvalue weighted by Gasteiger charge is 2.29. The molecule has 0 radical (unpaired) electrons. The number of rotatable bonds is 5. The first-order chi connectivity index (χ1) is 8.22. The number of carbonyl (C=O) groups is 1. The zero-order valence-electron chi connectivity index (χ0n) is 9.63. The zero-order chi connectivity index (χ0) is 12.3. The molecule has 1 aliphatic rings. The highest BCUT2D eigenvalue weighted by atomic mass is 35.5. The number of methoxy groups -OCH3 is 1. The van der Waals surface area contributed by atoms with E-state index in [9.17, 15) is 4.79 Å². The van der Waals surface area contributed by atoms with Crippen molar-refractivity contribution < 1.29 is 9.53 Å². The van der Waals surface area contributed by atoms with Gasteiger partial charge in [-0.1, -0.05) is 11.6 Å². The maximum atomic E-state index is 11.8. The molecule has 1 aromatic rings. The van der Waals surface area contributed by atoms with Gasteiger partial charge in [-0.2, -0.15) is 0 Å². The molecule has 5 heteroatoms. The van der Waals surface area contributed by atoms with Crippen LogP contribution in [0.3, 0.4) is 0 Å². The Kier molecular flexibility index (Phi) is 3.99. The summed E-state index contributed by atoms with van der Waals surface area (Å²) >= 11 is 5.93. The smallest absolute Gasteiger partial charge is 0.246 e. The van der Waals surface area contributed by atoms with Gasteiger partial charge in [0.05, 0.1) is 0 Å². The molecule has 0 bridgehead atoms. The highest BCUT2D eigenvalue weighted by molar-refractivity contribution is 6.31. The number of nitrogens with one attached hydrogen (secondary N) is 2. The molecule has 0 saturated heterocycles. The summed E-state index contributed by atoms with van der Waals surface area (Å²) in [4.78, 5) is 11.8. The zero-order valence-corrected chi connectivity index (χ0v) is 10.4. The van der Waals surface area contributed by atoms with E-state index in [-0.39, 0.29) is 11.9 Å². The molecule has 0 saturated carbocycles. The van der Waals surface area contributed by atoms with Gasteiger partial charge in [0.1, 0.15) is 6.04 Å². The van der Waals surface area contributed by atoms with E-state index in [1.54, 1.807) is 13.2 Å². The predicted molar refractivity (Wildman–Crippen MR) is 67.3 cm³/mol. The fraction of sp³-hybridized carbons (Fsp3) is 0.417. The molecule has 4 nitrogen and oxygen atoms in total. The number of halogens is 1. The number of benzene rings is 1. The molecule has 0 aliphatic carbocycles. The summed E-state index contributed by atoms with van der Waals surface area (Å²) in [6.45, 7) is 1.42. The quantitative estimate of drug-likeness (QED) is 0.790. The van der Waals surface area contributed by atoms with Crippen LogP contribution in [0.1, 0.15) is 18.0 Å². The van der Waals surface area contributed by atoms with Gasteiger partial charge in [0.15, 0.2) is 0 Å². The third-order valence-electron chi connectivity index (χ3n) is 2.72. The molecule has 0 spiro atoms. The van der Waals surface area contributed by atoms with Crippen LogP contribution in [-0.2, 0) is 9.53 Å². The molecule has 2 N–H and O–H groups in total. The van der Waals surface area contributed by atoms with Gasteiger partial charge in [0.2, 0.25) is 5.91 Å². The van der Waals surface area contributed by atoms with Crippen LogP contribution in [0.5, 0.6) is 0 Å². The average Bonchev–Trinajstić information content (AvgIpc) is 2.61. The van der Waals surface area contributed by atoms with Gasteiger partial charge in [0, 0.05) is 30.0 Å². The summed E-state index contributed by atoms with van der Waals surface area (Å²) in [6.07, 6.45) is 0.871. The van der Waals surface area contributed by atoms with Crippen LogP contribution in [0.25, 0.3) is 0 Å². The summed E-state index contributed by atoms with van der Waals surface area (Å²) in [5.74, 6) is -0.0281.